The number of rotatable bonds is 7. The number of nitrogens with zero attached hydrogens (tertiary/aromatic N) is 1. The quantitative estimate of drug-likeness (QED) is 0.734. The van der Waals surface area contributed by atoms with Crippen molar-refractivity contribution in [1.82, 2.24) is 4.90 Å². The molecule has 4 heteroatoms. The highest BCUT2D eigenvalue weighted by atomic mass is 32.2. The van der Waals surface area contributed by atoms with E-state index < -0.39 is 10.8 Å². The third-order valence-electron chi connectivity index (χ3n) is 3.76. The summed E-state index contributed by atoms with van der Waals surface area (Å²) in [5.41, 5.74) is 1.08. The Hall–Kier alpha value is -1.94. The molecule has 0 heterocycles. The Morgan fingerprint density at radius 2 is 1.55 bits per heavy atom. The molecule has 0 bridgehead atoms. The summed E-state index contributed by atoms with van der Waals surface area (Å²) in [6.07, 6.45) is 0.852. The van der Waals surface area contributed by atoms with Crippen LogP contribution in [-0.4, -0.2) is 27.3 Å². The summed E-state index contributed by atoms with van der Waals surface area (Å²) in [6.45, 7) is 3.93. The van der Waals surface area contributed by atoms with Gasteiger partial charge in [0.1, 0.15) is 0 Å². The number of carbonyl (C=O) groups excluding carboxylic acids is 1. The smallest absolute Gasteiger partial charge is 0.210 e. The van der Waals surface area contributed by atoms with E-state index in [-0.39, 0.29) is 12.1 Å². The molecule has 2 aromatic carbocycles. The SMILES string of the molecule is C[C@@H](CS(=O)c1ccccc1)N(C=O)[C@@H](C)c1ccccc1. The topological polar surface area (TPSA) is 37.4 Å². The lowest BCUT2D eigenvalue weighted by Crippen LogP contribution is -2.37. The molecule has 0 aliphatic heterocycles. The Morgan fingerprint density at radius 1 is 1.00 bits per heavy atom. The molecule has 0 aliphatic carbocycles. The number of hydrogen-bond donors (Lipinski definition) is 0. The molecule has 1 amide bonds. The second-order valence-corrected chi connectivity index (χ2v) is 6.81. The third-order valence-corrected chi connectivity index (χ3v) is 5.34. The van der Waals surface area contributed by atoms with Crippen molar-refractivity contribution in [3.63, 3.8) is 0 Å². The molecule has 0 aliphatic rings. The molecule has 0 radical (unpaired) electrons. The maximum atomic E-state index is 12.4. The summed E-state index contributed by atoms with van der Waals surface area (Å²) >= 11 is 0. The molecule has 3 atom stereocenters. The largest absolute Gasteiger partial charge is 0.335 e. The molecule has 0 saturated carbocycles. The van der Waals surface area contributed by atoms with Crippen molar-refractivity contribution in [3.8, 4) is 0 Å². The first kappa shape index (κ1) is 16.4. The van der Waals surface area contributed by atoms with Gasteiger partial charge in [0.2, 0.25) is 6.41 Å². The number of benzene rings is 2. The van der Waals surface area contributed by atoms with Gasteiger partial charge in [-0.15, -0.1) is 0 Å². The van der Waals surface area contributed by atoms with Gasteiger partial charge in [-0.25, -0.2) is 0 Å². The van der Waals surface area contributed by atoms with Gasteiger partial charge in [0.05, 0.1) is 16.8 Å². The van der Waals surface area contributed by atoms with E-state index in [2.05, 4.69) is 0 Å². The fraction of sp³-hybridized carbons (Fsp3) is 0.278. The molecule has 0 fully saturated rings. The monoisotopic (exact) mass is 315 g/mol. The van der Waals surface area contributed by atoms with Crippen LogP contribution in [0.4, 0.5) is 0 Å². The minimum atomic E-state index is -1.11. The van der Waals surface area contributed by atoms with Crippen LogP contribution in [0.5, 0.6) is 0 Å². The van der Waals surface area contributed by atoms with E-state index in [0.717, 1.165) is 16.9 Å². The van der Waals surface area contributed by atoms with Crippen LogP contribution in [0.2, 0.25) is 0 Å². The molecule has 2 rings (SSSR count). The Balaban J connectivity index is 2.07. The highest BCUT2D eigenvalue weighted by Gasteiger charge is 2.21. The van der Waals surface area contributed by atoms with Crippen LogP contribution in [0.1, 0.15) is 25.5 Å². The van der Waals surface area contributed by atoms with E-state index in [9.17, 15) is 9.00 Å². The molecule has 22 heavy (non-hydrogen) atoms. The first-order valence-corrected chi connectivity index (χ1v) is 8.66. The summed E-state index contributed by atoms with van der Waals surface area (Å²) in [5, 5.41) is 0. The zero-order valence-corrected chi connectivity index (χ0v) is 13.7. The van der Waals surface area contributed by atoms with E-state index >= 15 is 0 Å². The van der Waals surface area contributed by atoms with Crippen molar-refractivity contribution >= 4 is 17.2 Å². The number of hydrogen-bond acceptors (Lipinski definition) is 2. The Morgan fingerprint density at radius 3 is 2.09 bits per heavy atom. The van der Waals surface area contributed by atoms with Gasteiger partial charge >= 0.3 is 0 Å². The summed E-state index contributed by atoms with van der Waals surface area (Å²) in [7, 11) is -1.11. The zero-order chi connectivity index (χ0) is 15.9. The van der Waals surface area contributed by atoms with E-state index in [0.29, 0.717) is 5.75 Å². The molecular weight excluding hydrogens is 294 g/mol. The van der Waals surface area contributed by atoms with Gasteiger partial charge in [0.25, 0.3) is 0 Å². The Kier molecular flexibility index (Phi) is 5.90. The summed E-state index contributed by atoms with van der Waals surface area (Å²) in [5.74, 6) is 0.430. The molecule has 3 nitrogen and oxygen atoms in total. The highest BCUT2D eigenvalue weighted by Crippen LogP contribution is 2.21. The normalized spacial score (nSPS) is 14.8. The maximum absolute atomic E-state index is 12.4. The van der Waals surface area contributed by atoms with E-state index in [1.54, 1.807) is 4.90 Å². The lowest BCUT2D eigenvalue weighted by molar-refractivity contribution is -0.121. The van der Waals surface area contributed by atoms with E-state index in [1.165, 1.54) is 0 Å². The van der Waals surface area contributed by atoms with Crippen molar-refractivity contribution < 1.29 is 9.00 Å². The molecule has 0 saturated heterocycles. The minimum Gasteiger partial charge on any atom is -0.335 e. The van der Waals surface area contributed by atoms with Crippen molar-refractivity contribution in [2.45, 2.75) is 30.8 Å². The fourth-order valence-corrected chi connectivity index (χ4v) is 3.72. The van der Waals surface area contributed by atoms with Crippen LogP contribution >= 0.6 is 0 Å². The van der Waals surface area contributed by atoms with Crippen molar-refractivity contribution in [2.24, 2.45) is 0 Å². The number of amides is 1. The highest BCUT2D eigenvalue weighted by molar-refractivity contribution is 7.85. The van der Waals surface area contributed by atoms with Crippen LogP contribution in [0.15, 0.2) is 65.6 Å². The first-order valence-electron chi connectivity index (χ1n) is 7.34. The van der Waals surface area contributed by atoms with Crippen LogP contribution in [-0.2, 0) is 15.6 Å². The van der Waals surface area contributed by atoms with E-state index in [4.69, 9.17) is 0 Å². The van der Waals surface area contributed by atoms with Gasteiger partial charge in [-0.1, -0.05) is 48.5 Å². The van der Waals surface area contributed by atoms with Crippen LogP contribution in [0.3, 0.4) is 0 Å². The average Bonchev–Trinajstić information content (AvgIpc) is 2.57. The van der Waals surface area contributed by atoms with Crippen molar-refractivity contribution in [1.29, 1.82) is 0 Å². The van der Waals surface area contributed by atoms with Gasteiger partial charge in [-0.3, -0.25) is 9.00 Å². The van der Waals surface area contributed by atoms with Crippen LogP contribution < -0.4 is 0 Å². The summed E-state index contributed by atoms with van der Waals surface area (Å²) in [4.78, 5) is 14.0. The van der Waals surface area contributed by atoms with Crippen molar-refractivity contribution in [3.05, 3.63) is 66.2 Å². The van der Waals surface area contributed by atoms with Gasteiger partial charge in [-0.05, 0) is 31.5 Å². The summed E-state index contributed by atoms with van der Waals surface area (Å²) < 4.78 is 12.4. The second-order valence-electron chi connectivity index (χ2n) is 5.31. The molecule has 0 spiro atoms. The fourth-order valence-electron chi connectivity index (χ4n) is 2.45. The van der Waals surface area contributed by atoms with Crippen LogP contribution in [0, 0.1) is 0 Å². The second kappa shape index (κ2) is 7.90. The van der Waals surface area contributed by atoms with Gasteiger partial charge < -0.3 is 4.90 Å². The lowest BCUT2D eigenvalue weighted by atomic mass is 10.1. The van der Waals surface area contributed by atoms with Gasteiger partial charge in [-0.2, -0.15) is 0 Å². The molecule has 0 aromatic heterocycles. The van der Waals surface area contributed by atoms with Gasteiger partial charge in [0.15, 0.2) is 0 Å². The van der Waals surface area contributed by atoms with Crippen LogP contribution in [0.25, 0.3) is 0 Å². The Labute approximate surface area is 134 Å². The van der Waals surface area contributed by atoms with Crippen molar-refractivity contribution in [2.75, 3.05) is 5.75 Å². The third kappa shape index (κ3) is 4.04. The standard InChI is InChI=1S/C18H21NO2S/c1-15(13-22(21)18-11-7-4-8-12-18)19(14-20)16(2)17-9-5-3-6-10-17/h3-12,14-16H,13H2,1-2H3/t15-,16-,22?/m0/s1. The first-order chi connectivity index (χ1) is 10.6. The predicted molar refractivity (Wildman–Crippen MR) is 89.9 cm³/mol. The van der Waals surface area contributed by atoms with Gasteiger partial charge in [0, 0.05) is 16.7 Å². The minimum absolute atomic E-state index is 0.0403. The van der Waals surface area contributed by atoms with E-state index in [1.807, 2.05) is 74.5 Å². The molecular formula is C18H21NO2S. The molecule has 0 N–H and O–H groups in total. The predicted octanol–water partition coefficient (Wildman–Crippen LogP) is 3.40. The molecule has 2 aromatic rings. The average molecular weight is 315 g/mol. The Bertz CT molecular complexity index is 615. The molecule has 1 unspecified atom stereocenters. The number of carbonyl (C=O) groups is 1. The lowest BCUT2D eigenvalue weighted by Gasteiger charge is -2.31. The summed E-state index contributed by atoms with van der Waals surface area (Å²) in [6, 6.07) is 19.1. The molecule has 116 valence electrons. The maximum Gasteiger partial charge on any atom is 0.210 e. The zero-order valence-electron chi connectivity index (χ0n) is 12.9.